The van der Waals surface area contributed by atoms with Crippen molar-refractivity contribution in [2.45, 2.75) is 18.9 Å². The van der Waals surface area contributed by atoms with E-state index in [-0.39, 0.29) is 6.04 Å². The monoisotopic (exact) mass is 198 g/mol. The molecule has 0 spiro atoms. The normalized spacial score (nSPS) is 17.9. The van der Waals surface area contributed by atoms with E-state index in [1.807, 2.05) is 12.3 Å². The van der Waals surface area contributed by atoms with Crippen molar-refractivity contribution in [2.75, 3.05) is 0 Å². The van der Waals surface area contributed by atoms with E-state index >= 15 is 0 Å². The second-order valence-electron chi connectivity index (χ2n) is 4.32. The summed E-state index contributed by atoms with van der Waals surface area (Å²) in [5.74, 6) is 0.708. The molecule has 76 valence electrons. The number of hydrogen-bond donors (Lipinski definition) is 1. The van der Waals surface area contributed by atoms with Crippen molar-refractivity contribution in [3.63, 3.8) is 0 Å². The highest BCUT2D eigenvalue weighted by molar-refractivity contribution is 5.79. The molecule has 15 heavy (non-hydrogen) atoms. The molecule has 1 atom stereocenters. The van der Waals surface area contributed by atoms with Gasteiger partial charge in [0.05, 0.1) is 5.52 Å². The first-order valence-corrected chi connectivity index (χ1v) is 5.45. The van der Waals surface area contributed by atoms with E-state index < -0.39 is 0 Å². The van der Waals surface area contributed by atoms with Crippen molar-refractivity contribution < 1.29 is 0 Å². The van der Waals surface area contributed by atoms with Crippen LogP contribution in [0.25, 0.3) is 10.9 Å². The van der Waals surface area contributed by atoms with Gasteiger partial charge in [0.2, 0.25) is 0 Å². The van der Waals surface area contributed by atoms with Gasteiger partial charge in [-0.05, 0) is 42.5 Å². The third kappa shape index (κ3) is 1.61. The lowest BCUT2D eigenvalue weighted by molar-refractivity contribution is 0.634. The Balaban J connectivity index is 2.05. The lowest BCUT2D eigenvalue weighted by Gasteiger charge is -2.11. The quantitative estimate of drug-likeness (QED) is 0.805. The molecule has 1 heterocycles. The van der Waals surface area contributed by atoms with Gasteiger partial charge in [-0.25, -0.2) is 0 Å². The SMILES string of the molecule is NC(c1ccc2ncccc2c1)C1CC1. The average molecular weight is 198 g/mol. The Bertz CT molecular complexity index is 489. The molecule has 0 amide bonds. The lowest BCUT2D eigenvalue weighted by atomic mass is 10.0. The number of fused-ring (bicyclic) bond motifs is 1. The lowest BCUT2D eigenvalue weighted by Crippen LogP contribution is -2.12. The number of aromatic nitrogens is 1. The fourth-order valence-electron chi connectivity index (χ4n) is 2.03. The molecular formula is C13H14N2. The molecule has 0 radical (unpaired) electrons. The zero-order chi connectivity index (χ0) is 10.3. The highest BCUT2D eigenvalue weighted by Crippen LogP contribution is 2.39. The highest BCUT2D eigenvalue weighted by atomic mass is 14.7. The van der Waals surface area contributed by atoms with Gasteiger partial charge in [-0.1, -0.05) is 12.1 Å². The number of nitrogens with zero attached hydrogens (tertiary/aromatic N) is 1. The molecule has 2 N–H and O–H groups in total. The maximum absolute atomic E-state index is 6.17. The van der Waals surface area contributed by atoms with Gasteiger partial charge in [0.15, 0.2) is 0 Å². The molecule has 1 fully saturated rings. The molecule has 1 aliphatic rings. The molecule has 0 saturated heterocycles. The molecule has 2 nitrogen and oxygen atoms in total. The van der Waals surface area contributed by atoms with Gasteiger partial charge in [-0.2, -0.15) is 0 Å². The van der Waals surface area contributed by atoms with Crippen LogP contribution in [0.2, 0.25) is 0 Å². The molecule has 1 unspecified atom stereocenters. The van der Waals surface area contributed by atoms with E-state index in [0.717, 1.165) is 5.52 Å². The summed E-state index contributed by atoms with van der Waals surface area (Å²) in [7, 11) is 0. The Hall–Kier alpha value is -1.41. The van der Waals surface area contributed by atoms with E-state index in [1.165, 1.54) is 23.8 Å². The molecule has 0 aliphatic heterocycles. The number of benzene rings is 1. The summed E-state index contributed by atoms with van der Waals surface area (Å²) >= 11 is 0. The Morgan fingerprint density at radius 3 is 2.93 bits per heavy atom. The Morgan fingerprint density at radius 1 is 1.27 bits per heavy atom. The van der Waals surface area contributed by atoms with Crippen LogP contribution in [0.1, 0.15) is 24.4 Å². The molecule has 2 aromatic rings. The fraction of sp³-hybridized carbons (Fsp3) is 0.308. The van der Waals surface area contributed by atoms with Crippen molar-refractivity contribution >= 4 is 10.9 Å². The van der Waals surface area contributed by atoms with E-state index in [4.69, 9.17) is 5.73 Å². The van der Waals surface area contributed by atoms with E-state index in [1.54, 1.807) is 0 Å². The minimum absolute atomic E-state index is 0.217. The fourth-order valence-corrected chi connectivity index (χ4v) is 2.03. The second-order valence-corrected chi connectivity index (χ2v) is 4.32. The Labute approximate surface area is 89.1 Å². The van der Waals surface area contributed by atoms with Gasteiger partial charge < -0.3 is 5.73 Å². The number of nitrogens with two attached hydrogens (primary N) is 1. The third-order valence-corrected chi connectivity index (χ3v) is 3.14. The van der Waals surface area contributed by atoms with Gasteiger partial charge in [0, 0.05) is 17.6 Å². The van der Waals surface area contributed by atoms with Gasteiger partial charge in [-0.15, -0.1) is 0 Å². The van der Waals surface area contributed by atoms with Crippen LogP contribution in [0.5, 0.6) is 0 Å². The van der Waals surface area contributed by atoms with Crippen molar-refractivity contribution in [1.29, 1.82) is 0 Å². The summed E-state index contributed by atoms with van der Waals surface area (Å²) in [4.78, 5) is 4.30. The smallest absolute Gasteiger partial charge is 0.0702 e. The highest BCUT2D eigenvalue weighted by Gasteiger charge is 2.29. The maximum Gasteiger partial charge on any atom is 0.0702 e. The van der Waals surface area contributed by atoms with E-state index in [9.17, 15) is 0 Å². The van der Waals surface area contributed by atoms with Gasteiger partial charge in [0.1, 0.15) is 0 Å². The summed E-state index contributed by atoms with van der Waals surface area (Å²) in [6.45, 7) is 0. The predicted octanol–water partition coefficient (Wildman–Crippen LogP) is 2.64. The standard InChI is InChI=1S/C13H14N2/c14-13(9-3-4-9)11-5-6-12-10(8-11)2-1-7-15-12/h1-2,5-9,13H,3-4,14H2. The molecule has 1 aromatic heterocycles. The summed E-state index contributed by atoms with van der Waals surface area (Å²) < 4.78 is 0. The summed E-state index contributed by atoms with van der Waals surface area (Å²) in [6.07, 6.45) is 4.39. The largest absolute Gasteiger partial charge is 0.324 e. The first kappa shape index (κ1) is 8.86. The van der Waals surface area contributed by atoms with Crippen LogP contribution >= 0.6 is 0 Å². The van der Waals surface area contributed by atoms with Crippen LogP contribution in [0.15, 0.2) is 36.5 Å². The molecule has 0 bridgehead atoms. The van der Waals surface area contributed by atoms with E-state index in [0.29, 0.717) is 5.92 Å². The molecule has 2 heteroatoms. The Morgan fingerprint density at radius 2 is 2.13 bits per heavy atom. The molecule has 1 aliphatic carbocycles. The van der Waals surface area contributed by atoms with Crippen LogP contribution in [0.3, 0.4) is 0 Å². The van der Waals surface area contributed by atoms with Crippen LogP contribution in [-0.4, -0.2) is 4.98 Å². The minimum Gasteiger partial charge on any atom is -0.324 e. The molecule has 1 saturated carbocycles. The van der Waals surface area contributed by atoms with Gasteiger partial charge in [0.25, 0.3) is 0 Å². The van der Waals surface area contributed by atoms with Crippen molar-refractivity contribution in [3.8, 4) is 0 Å². The first-order chi connectivity index (χ1) is 7.34. The van der Waals surface area contributed by atoms with Gasteiger partial charge in [-0.3, -0.25) is 4.98 Å². The topological polar surface area (TPSA) is 38.9 Å². The van der Waals surface area contributed by atoms with Crippen LogP contribution < -0.4 is 5.73 Å². The predicted molar refractivity (Wildman–Crippen MR) is 61.4 cm³/mol. The molecule has 1 aromatic carbocycles. The van der Waals surface area contributed by atoms with Crippen LogP contribution in [0, 0.1) is 5.92 Å². The summed E-state index contributed by atoms with van der Waals surface area (Å²) in [5, 5.41) is 1.19. The molecule has 3 rings (SSSR count). The van der Waals surface area contributed by atoms with E-state index in [2.05, 4.69) is 29.2 Å². The zero-order valence-electron chi connectivity index (χ0n) is 8.56. The van der Waals surface area contributed by atoms with Crippen LogP contribution in [0.4, 0.5) is 0 Å². The van der Waals surface area contributed by atoms with Crippen molar-refractivity contribution in [1.82, 2.24) is 4.98 Å². The van der Waals surface area contributed by atoms with Crippen LogP contribution in [-0.2, 0) is 0 Å². The minimum atomic E-state index is 0.217. The number of pyridine rings is 1. The first-order valence-electron chi connectivity index (χ1n) is 5.45. The van der Waals surface area contributed by atoms with Gasteiger partial charge >= 0.3 is 0 Å². The number of rotatable bonds is 2. The average Bonchev–Trinajstić information content (AvgIpc) is 3.11. The molecular weight excluding hydrogens is 184 g/mol. The zero-order valence-corrected chi connectivity index (χ0v) is 8.56. The van der Waals surface area contributed by atoms with Crippen molar-refractivity contribution in [2.24, 2.45) is 11.7 Å². The maximum atomic E-state index is 6.17. The number of hydrogen-bond acceptors (Lipinski definition) is 2. The second kappa shape index (κ2) is 3.31. The summed E-state index contributed by atoms with van der Waals surface area (Å²) in [6, 6.07) is 10.6. The third-order valence-electron chi connectivity index (χ3n) is 3.14. The van der Waals surface area contributed by atoms with Crippen molar-refractivity contribution in [3.05, 3.63) is 42.1 Å². The summed E-state index contributed by atoms with van der Waals surface area (Å²) in [5.41, 5.74) is 8.46. The Kier molecular flexibility index (Phi) is 1.96.